The van der Waals surface area contributed by atoms with Crippen molar-refractivity contribution >= 4 is 17.6 Å². The van der Waals surface area contributed by atoms with Crippen LogP contribution in [0.3, 0.4) is 0 Å². The fourth-order valence-corrected chi connectivity index (χ4v) is 2.02. The molecular formula is C12H12ClF3N4O3. The van der Waals surface area contributed by atoms with E-state index in [9.17, 15) is 18.0 Å². The summed E-state index contributed by atoms with van der Waals surface area (Å²) in [5, 5.41) is 10.4. The number of carbonyl (C=O) groups excluding carboxylic acids is 1. The van der Waals surface area contributed by atoms with Crippen LogP contribution in [-0.4, -0.2) is 33.1 Å². The molecule has 2 rings (SSSR count). The minimum Gasteiger partial charge on any atom is -0.469 e. The highest BCUT2D eigenvalue weighted by Crippen LogP contribution is 2.35. The Balaban J connectivity index is 2.06. The number of ether oxygens (including phenoxy) is 1. The monoisotopic (exact) mass is 352 g/mol. The van der Waals surface area contributed by atoms with Gasteiger partial charge in [0.2, 0.25) is 11.8 Å². The lowest BCUT2D eigenvalue weighted by Crippen LogP contribution is -2.10. The third kappa shape index (κ3) is 4.01. The molecule has 0 saturated heterocycles. The maximum Gasteiger partial charge on any atom is 0.436 e. The summed E-state index contributed by atoms with van der Waals surface area (Å²) < 4.78 is 48.9. The van der Waals surface area contributed by atoms with Crippen LogP contribution >= 0.6 is 11.6 Å². The molecule has 0 aromatic carbocycles. The van der Waals surface area contributed by atoms with Gasteiger partial charge >= 0.3 is 12.1 Å². The highest BCUT2D eigenvalue weighted by molar-refractivity contribution is 6.31. The summed E-state index contributed by atoms with van der Waals surface area (Å²) in [5.41, 5.74) is -0.943. The van der Waals surface area contributed by atoms with Crippen LogP contribution < -0.4 is 0 Å². The molecular weight excluding hydrogens is 341 g/mol. The lowest BCUT2D eigenvalue weighted by Gasteiger charge is -2.02. The Hall–Kier alpha value is -2.10. The Morgan fingerprint density at radius 1 is 1.35 bits per heavy atom. The van der Waals surface area contributed by atoms with Gasteiger partial charge in [-0.1, -0.05) is 11.6 Å². The number of esters is 1. The Morgan fingerprint density at radius 3 is 2.57 bits per heavy atom. The summed E-state index contributed by atoms with van der Waals surface area (Å²) in [6.45, 7) is 1.50. The number of rotatable bonds is 5. The van der Waals surface area contributed by atoms with E-state index in [4.69, 9.17) is 16.0 Å². The van der Waals surface area contributed by atoms with Gasteiger partial charge in [-0.3, -0.25) is 9.48 Å². The fraction of sp³-hybridized carbons (Fsp3) is 0.500. The van der Waals surface area contributed by atoms with Crippen molar-refractivity contribution in [3.8, 4) is 0 Å². The molecule has 7 nitrogen and oxygen atoms in total. The molecule has 0 aliphatic rings. The highest BCUT2D eigenvalue weighted by Gasteiger charge is 2.38. The van der Waals surface area contributed by atoms with Gasteiger partial charge < -0.3 is 9.15 Å². The first-order valence-electron chi connectivity index (χ1n) is 6.40. The lowest BCUT2D eigenvalue weighted by molar-refractivity contribution is -0.141. The summed E-state index contributed by atoms with van der Waals surface area (Å²) in [6, 6.07) is 0. The first-order valence-corrected chi connectivity index (χ1v) is 6.78. The van der Waals surface area contributed by atoms with Crippen LogP contribution in [0.15, 0.2) is 4.42 Å². The van der Waals surface area contributed by atoms with Crippen molar-refractivity contribution in [2.24, 2.45) is 0 Å². The zero-order valence-electron chi connectivity index (χ0n) is 12.1. The van der Waals surface area contributed by atoms with E-state index in [-0.39, 0.29) is 36.9 Å². The lowest BCUT2D eigenvalue weighted by atomic mass is 10.3. The van der Waals surface area contributed by atoms with E-state index in [1.807, 2.05) is 0 Å². The summed E-state index contributed by atoms with van der Waals surface area (Å²) in [5.74, 6) is -0.300. The van der Waals surface area contributed by atoms with E-state index >= 15 is 0 Å². The van der Waals surface area contributed by atoms with E-state index in [2.05, 4.69) is 20.0 Å². The third-order valence-electron chi connectivity index (χ3n) is 2.97. The molecule has 126 valence electrons. The molecule has 0 aliphatic heterocycles. The van der Waals surface area contributed by atoms with Crippen LogP contribution in [0.5, 0.6) is 0 Å². The van der Waals surface area contributed by atoms with E-state index in [0.717, 1.165) is 4.68 Å². The molecule has 2 aromatic rings. The van der Waals surface area contributed by atoms with E-state index in [1.54, 1.807) is 0 Å². The zero-order chi connectivity index (χ0) is 17.2. The molecule has 0 spiro atoms. The molecule has 0 bridgehead atoms. The first kappa shape index (κ1) is 17.3. The van der Waals surface area contributed by atoms with Crippen molar-refractivity contribution < 1.29 is 27.1 Å². The maximum absolute atomic E-state index is 12.7. The predicted octanol–water partition coefficient (Wildman–Crippen LogP) is 2.20. The van der Waals surface area contributed by atoms with Crippen molar-refractivity contribution in [3.63, 3.8) is 0 Å². The first-order chi connectivity index (χ1) is 10.7. The molecule has 11 heteroatoms. The number of halogens is 4. The van der Waals surface area contributed by atoms with Gasteiger partial charge in [0.05, 0.1) is 17.8 Å². The topological polar surface area (TPSA) is 83.0 Å². The second kappa shape index (κ2) is 6.57. The van der Waals surface area contributed by atoms with Gasteiger partial charge in [-0.05, 0) is 6.92 Å². The van der Waals surface area contributed by atoms with Gasteiger partial charge in [-0.25, -0.2) is 0 Å². The van der Waals surface area contributed by atoms with Gasteiger partial charge in [0.1, 0.15) is 6.42 Å². The minimum absolute atomic E-state index is 0.0676. The number of hydrogen-bond donors (Lipinski definition) is 0. The predicted molar refractivity (Wildman–Crippen MR) is 70.7 cm³/mol. The van der Waals surface area contributed by atoms with Crippen molar-refractivity contribution in [3.05, 3.63) is 28.2 Å². The minimum atomic E-state index is -4.62. The molecule has 0 aliphatic carbocycles. The van der Waals surface area contributed by atoms with Gasteiger partial charge in [-0.15, -0.1) is 10.2 Å². The Morgan fingerprint density at radius 2 is 2.00 bits per heavy atom. The van der Waals surface area contributed by atoms with Gasteiger partial charge in [0, 0.05) is 13.0 Å². The van der Waals surface area contributed by atoms with Crippen molar-refractivity contribution in [2.45, 2.75) is 32.5 Å². The van der Waals surface area contributed by atoms with Gasteiger partial charge in [-0.2, -0.15) is 18.3 Å². The van der Waals surface area contributed by atoms with E-state index < -0.39 is 22.9 Å². The fourth-order valence-electron chi connectivity index (χ4n) is 1.78. The molecule has 0 unspecified atom stereocenters. The molecule has 0 saturated carbocycles. The molecule has 2 aromatic heterocycles. The van der Waals surface area contributed by atoms with Crippen LogP contribution in [0.25, 0.3) is 0 Å². The maximum atomic E-state index is 12.7. The van der Waals surface area contributed by atoms with E-state index in [0.29, 0.717) is 0 Å². The summed E-state index contributed by atoms with van der Waals surface area (Å²) >= 11 is 5.65. The van der Waals surface area contributed by atoms with Crippen molar-refractivity contribution in [1.82, 2.24) is 20.0 Å². The number of methoxy groups -OCH3 is 1. The normalized spacial score (nSPS) is 11.7. The number of nitrogens with zero attached hydrogens (tertiary/aromatic N) is 4. The second-order valence-corrected chi connectivity index (χ2v) is 4.94. The molecule has 2 heterocycles. The van der Waals surface area contributed by atoms with Crippen molar-refractivity contribution in [1.29, 1.82) is 0 Å². The second-order valence-electron chi connectivity index (χ2n) is 4.56. The SMILES string of the molecule is COC(=O)Cc1nnc(CCn2nc(C(F)(F)F)c(Cl)c2C)o1. The van der Waals surface area contributed by atoms with Crippen molar-refractivity contribution in [2.75, 3.05) is 7.11 Å². The number of hydrogen-bond acceptors (Lipinski definition) is 6. The summed E-state index contributed by atoms with van der Waals surface area (Å²) in [4.78, 5) is 11.1. The standard InChI is InChI=1S/C12H12ClF3N4O3/c1-6-10(13)11(12(14,15)16)19-20(6)4-3-7-17-18-8(23-7)5-9(21)22-2/h3-5H2,1-2H3. The van der Waals surface area contributed by atoms with Gasteiger partial charge in [0.15, 0.2) is 5.69 Å². The molecule has 0 amide bonds. The highest BCUT2D eigenvalue weighted by atomic mass is 35.5. The van der Waals surface area contributed by atoms with Crippen LogP contribution in [0.1, 0.15) is 23.2 Å². The van der Waals surface area contributed by atoms with Crippen LogP contribution in [0, 0.1) is 6.92 Å². The third-order valence-corrected chi connectivity index (χ3v) is 3.42. The van der Waals surface area contributed by atoms with Gasteiger partial charge in [0.25, 0.3) is 0 Å². The number of aryl methyl sites for hydroxylation is 2. The molecule has 0 N–H and O–H groups in total. The number of aromatic nitrogens is 4. The molecule has 0 fully saturated rings. The molecule has 0 radical (unpaired) electrons. The largest absolute Gasteiger partial charge is 0.469 e. The Bertz CT molecular complexity index is 711. The number of alkyl halides is 3. The zero-order valence-corrected chi connectivity index (χ0v) is 12.9. The van der Waals surface area contributed by atoms with Crippen LogP contribution in [0.4, 0.5) is 13.2 Å². The quantitative estimate of drug-likeness (QED) is 0.767. The average molecular weight is 353 g/mol. The van der Waals surface area contributed by atoms with Crippen LogP contribution in [0.2, 0.25) is 5.02 Å². The summed E-state index contributed by atoms with van der Waals surface area (Å²) in [7, 11) is 1.22. The smallest absolute Gasteiger partial charge is 0.436 e. The summed E-state index contributed by atoms with van der Waals surface area (Å²) in [6.07, 6.45) is -4.65. The van der Waals surface area contributed by atoms with Crippen LogP contribution in [-0.2, 0) is 35.1 Å². The Kier molecular flexibility index (Phi) is 4.93. The average Bonchev–Trinajstić information content (AvgIpc) is 3.02. The Labute approximate surface area is 133 Å². The molecule has 23 heavy (non-hydrogen) atoms. The number of carbonyl (C=O) groups is 1. The molecule has 0 atom stereocenters. The van der Waals surface area contributed by atoms with E-state index in [1.165, 1.54) is 14.0 Å².